The van der Waals surface area contributed by atoms with E-state index in [0.717, 1.165) is 0 Å². The van der Waals surface area contributed by atoms with Gasteiger partial charge in [-0.05, 0) is 23.7 Å². The van der Waals surface area contributed by atoms with Crippen LogP contribution in [-0.2, 0) is 0 Å². The van der Waals surface area contributed by atoms with Crippen molar-refractivity contribution in [2.75, 3.05) is 0 Å². The Labute approximate surface area is 108 Å². The van der Waals surface area contributed by atoms with Gasteiger partial charge in [-0.25, -0.2) is 9.98 Å². The fourth-order valence-corrected chi connectivity index (χ4v) is 1.58. The highest BCUT2D eigenvalue weighted by Gasteiger charge is 2.00. The molecule has 1 aromatic carbocycles. The Morgan fingerprint density at radius 3 is 2.65 bits per heavy atom. The maximum atomic E-state index is 9.52. The number of aromatic nitrogens is 2. The van der Waals surface area contributed by atoms with E-state index < -0.39 is 0 Å². The lowest BCUT2D eigenvalue weighted by Gasteiger charge is -1.97. The van der Waals surface area contributed by atoms with Crippen molar-refractivity contribution in [2.45, 2.75) is 0 Å². The van der Waals surface area contributed by atoms with Gasteiger partial charge in [0, 0.05) is 17.8 Å². The first-order valence-electron chi connectivity index (χ1n) is 4.67. The summed E-state index contributed by atoms with van der Waals surface area (Å²) in [7, 11) is 0. The summed E-state index contributed by atoms with van der Waals surface area (Å²) >= 11 is 11.3. The summed E-state index contributed by atoms with van der Waals surface area (Å²) in [5.41, 5.74) is 0.582. The lowest BCUT2D eigenvalue weighted by molar-refractivity contribution is 0.474. The van der Waals surface area contributed by atoms with Gasteiger partial charge in [0.15, 0.2) is 5.82 Å². The van der Waals surface area contributed by atoms with Crippen LogP contribution in [0.3, 0.4) is 0 Å². The van der Waals surface area contributed by atoms with Crippen LogP contribution >= 0.6 is 23.2 Å². The van der Waals surface area contributed by atoms with Crippen molar-refractivity contribution < 1.29 is 5.11 Å². The molecule has 86 valence electrons. The van der Waals surface area contributed by atoms with Gasteiger partial charge in [0.25, 0.3) is 0 Å². The average molecular weight is 268 g/mol. The number of rotatable bonds is 2. The van der Waals surface area contributed by atoms with Crippen LogP contribution in [0.25, 0.3) is 0 Å². The van der Waals surface area contributed by atoms with Gasteiger partial charge in [0.05, 0.1) is 0 Å². The topological polar surface area (TPSA) is 58.4 Å². The van der Waals surface area contributed by atoms with Crippen molar-refractivity contribution in [1.82, 2.24) is 9.97 Å². The van der Waals surface area contributed by atoms with E-state index in [1.54, 1.807) is 24.3 Å². The third-order valence-corrected chi connectivity index (χ3v) is 2.29. The molecule has 0 radical (unpaired) electrons. The van der Waals surface area contributed by atoms with E-state index in [1.807, 2.05) is 0 Å². The van der Waals surface area contributed by atoms with Crippen molar-refractivity contribution >= 4 is 35.2 Å². The number of nitrogens with zero attached hydrogens (tertiary/aromatic N) is 3. The number of benzene rings is 1. The quantitative estimate of drug-likeness (QED) is 0.516. The SMILES string of the molecule is Oc1ccccc1C=Nc1cc(Cl)nc(Cl)n1. The number of para-hydroxylation sites is 1. The summed E-state index contributed by atoms with van der Waals surface area (Å²) in [5, 5.41) is 9.77. The van der Waals surface area contributed by atoms with Crippen molar-refractivity contribution in [1.29, 1.82) is 0 Å². The van der Waals surface area contributed by atoms with Crippen LogP contribution in [0.15, 0.2) is 35.3 Å². The molecule has 1 N–H and O–H groups in total. The Bertz CT molecular complexity index is 552. The molecule has 0 bridgehead atoms. The molecule has 2 rings (SSSR count). The summed E-state index contributed by atoms with van der Waals surface area (Å²) < 4.78 is 0. The van der Waals surface area contributed by atoms with Gasteiger partial charge in [0.1, 0.15) is 10.9 Å². The van der Waals surface area contributed by atoms with E-state index in [4.69, 9.17) is 23.2 Å². The molecule has 0 saturated carbocycles. The molecule has 4 nitrogen and oxygen atoms in total. The molecule has 0 spiro atoms. The monoisotopic (exact) mass is 267 g/mol. The third kappa shape index (κ3) is 3.15. The molecular weight excluding hydrogens is 261 g/mol. The summed E-state index contributed by atoms with van der Waals surface area (Å²) in [6.45, 7) is 0. The van der Waals surface area contributed by atoms with E-state index >= 15 is 0 Å². The van der Waals surface area contributed by atoms with E-state index in [-0.39, 0.29) is 16.2 Å². The van der Waals surface area contributed by atoms with Crippen LogP contribution in [0.4, 0.5) is 5.82 Å². The fraction of sp³-hybridized carbons (Fsp3) is 0. The highest BCUT2D eigenvalue weighted by Crippen LogP contribution is 2.18. The highest BCUT2D eigenvalue weighted by atomic mass is 35.5. The van der Waals surface area contributed by atoms with Gasteiger partial charge in [0.2, 0.25) is 5.28 Å². The first kappa shape index (κ1) is 11.8. The molecule has 0 saturated heterocycles. The standard InChI is InChI=1S/C11H7Cl2N3O/c12-9-5-10(16-11(13)15-9)14-6-7-3-1-2-4-8(7)17/h1-6,17H. The van der Waals surface area contributed by atoms with Crippen LogP contribution in [-0.4, -0.2) is 21.3 Å². The first-order valence-corrected chi connectivity index (χ1v) is 5.43. The Morgan fingerprint density at radius 1 is 1.18 bits per heavy atom. The Hall–Kier alpha value is -1.65. The zero-order chi connectivity index (χ0) is 12.3. The van der Waals surface area contributed by atoms with E-state index in [2.05, 4.69) is 15.0 Å². The minimum Gasteiger partial charge on any atom is -0.507 e. The van der Waals surface area contributed by atoms with Gasteiger partial charge in [-0.3, -0.25) is 0 Å². The number of phenolic OH excluding ortho intramolecular Hbond substituents is 1. The second-order valence-electron chi connectivity index (χ2n) is 3.13. The van der Waals surface area contributed by atoms with E-state index in [1.165, 1.54) is 12.3 Å². The van der Waals surface area contributed by atoms with Gasteiger partial charge >= 0.3 is 0 Å². The molecule has 0 aliphatic heterocycles. The van der Waals surface area contributed by atoms with Gasteiger partial charge < -0.3 is 5.11 Å². The summed E-state index contributed by atoms with van der Waals surface area (Å²) in [6, 6.07) is 8.29. The number of aromatic hydroxyl groups is 1. The number of aliphatic imine (C=N–C) groups is 1. The van der Waals surface area contributed by atoms with Gasteiger partial charge in [-0.15, -0.1) is 0 Å². The predicted octanol–water partition coefficient (Wildman–Crippen LogP) is 3.24. The highest BCUT2D eigenvalue weighted by molar-refractivity contribution is 6.32. The van der Waals surface area contributed by atoms with Crippen LogP contribution < -0.4 is 0 Å². The van der Waals surface area contributed by atoms with Crippen molar-refractivity contribution in [3.05, 3.63) is 46.3 Å². The average Bonchev–Trinajstić information content (AvgIpc) is 2.27. The normalized spacial score (nSPS) is 10.9. The van der Waals surface area contributed by atoms with Gasteiger partial charge in [-0.2, -0.15) is 4.98 Å². The van der Waals surface area contributed by atoms with Crippen molar-refractivity contribution in [2.24, 2.45) is 4.99 Å². The lowest BCUT2D eigenvalue weighted by atomic mass is 10.2. The number of hydrogen-bond acceptors (Lipinski definition) is 4. The van der Waals surface area contributed by atoms with Gasteiger partial charge in [-0.1, -0.05) is 23.7 Å². The predicted molar refractivity (Wildman–Crippen MR) is 67.4 cm³/mol. The summed E-state index contributed by atoms with van der Waals surface area (Å²) in [6.07, 6.45) is 1.48. The Kier molecular flexibility index (Phi) is 3.56. The smallest absolute Gasteiger partial charge is 0.225 e. The molecule has 0 fully saturated rings. The number of hydrogen-bond donors (Lipinski definition) is 1. The molecule has 0 atom stereocenters. The molecule has 0 amide bonds. The maximum Gasteiger partial charge on any atom is 0.225 e. The fourth-order valence-electron chi connectivity index (χ4n) is 1.18. The molecule has 0 aliphatic rings. The number of phenols is 1. The second-order valence-corrected chi connectivity index (χ2v) is 3.86. The largest absolute Gasteiger partial charge is 0.507 e. The second kappa shape index (κ2) is 5.12. The molecule has 17 heavy (non-hydrogen) atoms. The zero-order valence-electron chi connectivity index (χ0n) is 8.51. The summed E-state index contributed by atoms with van der Waals surface area (Å²) in [4.78, 5) is 11.6. The third-order valence-electron chi connectivity index (χ3n) is 1.93. The first-order chi connectivity index (χ1) is 8.15. The summed E-state index contributed by atoms with van der Waals surface area (Å²) in [5.74, 6) is 0.473. The minimum absolute atomic E-state index is 0.0296. The van der Waals surface area contributed by atoms with Crippen molar-refractivity contribution in [3.63, 3.8) is 0 Å². The van der Waals surface area contributed by atoms with Crippen LogP contribution in [0.2, 0.25) is 10.4 Å². The van der Waals surface area contributed by atoms with E-state index in [0.29, 0.717) is 11.4 Å². The minimum atomic E-state index is 0.0296. The molecule has 6 heteroatoms. The molecule has 2 aromatic rings. The molecule has 0 unspecified atom stereocenters. The maximum absolute atomic E-state index is 9.52. The van der Waals surface area contributed by atoms with Crippen LogP contribution in [0.1, 0.15) is 5.56 Å². The molecule has 1 aromatic heterocycles. The lowest BCUT2D eigenvalue weighted by Crippen LogP contribution is -1.85. The molecule has 1 heterocycles. The molecule has 0 aliphatic carbocycles. The zero-order valence-corrected chi connectivity index (χ0v) is 10.0. The Morgan fingerprint density at radius 2 is 1.94 bits per heavy atom. The van der Waals surface area contributed by atoms with Crippen LogP contribution in [0, 0.1) is 0 Å². The van der Waals surface area contributed by atoms with Crippen molar-refractivity contribution in [3.8, 4) is 5.75 Å². The number of halogens is 2. The van der Waals surface area contributed by atoms with Crippen LogP contribution in [0.5, 0.6) is 5.75 Å². The Balaban J connectivity index is 2.29. The molecular formula is C11H7Cl2N3O. The van der Waals surface area contributed by atoms with E-state index in [9.17, 15) is 5.11 Å².